The summed E-state index contributed by atoms with van der Waals surface area (Å²) in [5, 5.41) is 0. The van der Waals surface area contributed by atoms with Gasteiger partial charge in [-0.2, -0.15) is 0 Å². The van der Waals surface area contributed by atoms with Gasteiger partial charge in [-0.1, -0.05) is 26.0 Å². The van der Waals surface area contributed by atoms with Gasteiger partial charge in [0, 0.05) is 17.9 Å². The molecule has 0 N–H and O–H groups in total. The highest BCUT2D eigenvalue weighted by atomic mass is 16.5. The summed E-state index contributed by atoms with van der Waals surface area (Å²) in [6, 6.07) is 0. The van der Waals surface area contributed by atoms with Gasteiger partial charge in [-0.25, -0.2) is 0 Å². The zero-order valence-corrected chi connectivity index (χ0v) is 17.1. The van der Waals surface area contributed by atoms with Crippen LogP contribution in [-0.4, -0.2) is 23.8 Å². The standard InChI is InChI=1S/C24H32O3/c1-5-27-24(14(2)25)11-9-18-16-7-6-15-12-21(26)17-13-20(17)23(15,4)19(16)8-10-22(18,24)3/h6-7,12,16-20H,5,8-11,13H2,1-4H3/t16-,17?,18-,19+,20?,22-,23+,24-/m0/s1. The van der Waals surface area contributed by atoms with Crippen molar-refractivity contribution >= 4 is 11.6 Å². The molecule has 5 aliphatic carbocycles. The van der Waals surface area contributed by atoms with E-state index in [0.29, 0.717) is 36.1 Å². The topological polar surface area (TPSA) is 43.4 Å². The van der Waals surface area contributed by atoms with Crippen LogP contribution in [-0.2, 0) is 14.3 Å². The van der Waals surface area contributed by atoms with Gasteiger partial charge < -0.3 is 4.74 Å². The summed E-state index contributed by atoms with van der Waals surface area (Å²) in [4.78, 5) is 25.1. The van der Waals surface area contributed by atoms with E-state index >= 15 is 0 Å². The minimum absolute atomic E-state index is 0.0780. The highest BCUT2D eigenvalue weighted by Crippen LogP contribution is 2.71. The van der Waals surface area contributed by atoms with Crippen molar-refractivity contribution in [2.24, 2.45) is 40.4 Å². The zero-order chi connectivity index (χ0) is 19.2. The number of fused-ring (bicyclic) bond motifs is 7. The molecule has 5 rings (SSSR count). The Morgan fingerprint density at radius 2 is 1.93 bits per heavy atom. The number of hydrogen-bond acceptors (Lipinski definition) is 3. The molecule has 3 nitrogen and oxygen atoms in total. The number of carbonyl (C=O) groups excluding carboxylic acids is 2. The Morgan fingerprint density at radius 1 is 1.19 bits per heavy atom. The van der Waals surface area contributed by atoms with Crippen LogP contribution in [0.4, 0.5) is 0 Å². The molecule has 0 heterocycles. The Labute approximate surface area is 162 Å². The number of allylic oxidation sites excluding steroid dienone is 4. The normalized spacial score (nSPS) is 52.4. The molecule has 0 aliphatic heterocycles. The van der Waals surface area contributed by atoms with E-state index in [1.54, 1.807) is 6.92 Å². The Bertz CT molecular complexity index is 778. The lowest BCUT2D eigenvalue weighted by Gasteiger charge is -2.57. The van der Waals surface area contributed by atoms with Crippen molar-refractivity contribution < 1.29 is 14.3 Å². The fraction of sp³-hybridized carbons (Fsp3) is 0.750. The van der Waals surface area contributed by atoms with E-state index in [1.807, 2.05) is 13.0 Å². The number of ether oxygens (including phenoxy) is 1. The van der Waals surface area contributed by atoms with Crippen LogP contribution >= 0.6 is 0 Å². The van der Waals surface area contributed by atoms with Gasteiger partial charge in [-0.05, 0) is 86.7 Å². The summed E-state index contributed by atoms with van der Waals surface area (Å²) in [7, 11) is 0. The van der Waals surface area contributed by atoms with E-state index in [-0.39, 0.29) is 22.5 Å². The zero-order valence-electron chi connectivity index (χ0n) is 17.1. The Kier molecular flexibility index (Phi) is 3.59. The molecule has 0 aromatic heterocycles. The number of Topliss-reactive ketones (excluding diaryl/α,β-unsaturated/α-hetero) is 1. The lowest BCUT2D eigenvalue weighted by atomic mass is 9.47. The second-order valence-corrected chi connectivity index (χ2v) is 10.2. The number of rotatable bonds is 3. The first-order chi connectivity index (χ1) is 12.8. The molecule has 8 atom stereocenters. The van der Waals surface area contributed by atoms with Gasteiger partial charge in [-0.3, -0.25) is 9.59 Å². The summed E-state index contributed by atoms with van der Waals surface area (Å²) >= 11 is 0. The van der Waals surface area contributed by atoms with E-state index in [9.17, 15) is 9.59 Å². The SMILES string of the molecule is CCO[C@]1(C(C)=O)CC[C@H]2[C@@H]3C=CC4=CC(=O)C5CC5[C@@]4(C)[C@@H]3CC[C@@]21C. The van der Waals surface area contributed by atoms with Crippen LogP contribution in [0.2, 0.25) is 0 Å². The first kappa shape index (κ1) is 17.8. The van der Waals surface area contributed by atoms with Gasteiger partial charge in [0.1, 0.15) is 5.60 Å². The van der Waals surface area contributed by atoms with Crippen LogP contribution < -0.4 is 0 Å². The molecule has 0 spiro atoms. The maximum Gasteiger partial charge on any atom is 0.162 e. The predicted molar refractivity (Wildman–Crippen MR) is 104 cm³/mol. The fourth-order valence-corrected chi connectivity index (χ4v) is 8.06. The first-order valence-corrected chi connectivity index (χ1v) is 10.9. The highest BCUT2D eigenvalue weighted by Gasteiger charge is 2.69. The maximum absolute atomic E-state index is 12.8. The van der Waals surface area contributed by atoms with Crippen molar-refractivity contribution in [3.63, 3.8) is 0 Å². The highest BCUT2D eigenvalue weighted by molar-refractivity contribution is 5.97. The largest absolute Gasteiger partial charge is 0.367 e. The van der Waals surface area contributed by atoms with Crippen LogP contribution in [0.1, 0.15) is 59.8 Å². The van der Waals surface area contributed by atoms with Gasteiger partial charge in [0.25, 0.3) is 0 Å². The molecule has 0 aromatic rings. The molecule has 2 unspecified atom stereocenters. The lowest BCUT2D eigenvalue weighted by molar-refractivity contribution is -0.171. The van der Waals surface area contributed by atoms with Gasteiger partial charge >= 0.3 is 0 Å². The number of carbonyl (C=O) groups is 2. The van der Waals surface area contributed by atoms with Crippen LogP contribution in [0.15, 0.2) is 23.8 Å². The minimum Gasteiger partial charge on any atom is -0.367 e. The summed E-state index contributed by atoms with van der Waals surface area (Å²) in [5.41, 5.74) is 0.738. The third-order valence-electron chi connectivity index (χ3n) is 9.53. The van der Waals surface area contributed by atoms with Gasteiger partial charge in [0.15, 0.2) is 11.6 Å². The molecule has 0 amide bonds. The molecule has 0 aromatic carbocycles. The van der Waals surface area contributed by atoms with Crippen LogP contribution in [0.25, 0.3) is 0 Å². The maximum atomic E-state index is 12.8. The molecular weight excluding hydrogens is 336 g/mol. The molecule has 0 bridgehead atoms. The van der Waals surface area contributed by atoms with Crippen molar-refractivity contribution in [1.82, 2.24) is 0 Å². The van der Waals surface area contributed by atoms with Crippen molar-refractivity contribution in [2.75, 3.05) is 6.61 Å². The smallest absolute Gasteiger partial charge is 0.162 e. The summed E-state index contributed by atoms with van der Waals surface area (Å²) in [5.74, 6) is 2.98. The molecule has 27 heavy (non-hydrogen) atoms. The first-order valence-electron chi connectivity index (χ1n) is 10.9. The molecule has 3 fully saturated rings. The third kappa shape index (κ3) is 1.97. The van der Waals surface area contributed by atoms with Crippen LogP contribution in [0, 0.1) is 40.4 Å². The molecule has 3 heteroatoms. The van der Waals surface area contributed by atoms with Crippen molar-refractivity contribution in [3.05, 3.63) is 23.8 Å². The predicted octanol–water partition coefficient (Wildman–Crippen LogP) is 4.51. The monoisotopic (exact) mass is 368 g/mol. The second-order valence-electron chi connectivity index (χ2n) is 10.2. The van der Waals surface area contributed by atoms with E-state index in [0.717, 1.165) is 32.1 Å². The number of hydrogen-bond donors (Lipinski definition) is 0. The fourth-order valence-electron chi connectivity index (χ4n) is 8.06. The summed E-state index contributed by atoms with van der Waals surface area (Å²) in [6.07, 6.45) is 11.8. The van der Waals surface area contributed by atoms with Gasteiger partial charge in [0.2, 0.25) is 0 Å². The summed E-state index contributed by atoms with van der Waals surface area (Å²) < 4.78 is 6.25. The third-order valence-corrected chi connectivity index (χ3v) is 9.53. The van der Waals surface area contributed by atoms with Crippen molar-refractivity contribution in [3.8, 4) is 0 Å². The molecule has 0 radical (unpaired) electrons. The Morgan fingerprint density at radius 3 is 2.63 bits per heavy atom. The van der Waals surface area contributed by atoms with Crippen molar-refractivity contribution in [2.45, 2.75) is 65.4 Å². The van der Waals surface area contributed by atoms with E-state index in [1.165, 1.54) is 5.57 Å². The Balaban J connectivity index is 1.56. The van der Waals surface area contributed by atoms with Gasteiger partial charge in [-0.15, -0.1) is 0 Å². The van der Waals surface area contributed by atoms with E-state index in [4.69, 9.17) is 4.74 Å². The molecule has 5 aliphatic rings. The van der Waals surface area contributed by atoms with Gasteiger partial charge in [0.05, 0.1) is 0 Å². The van der Waals surface area contributed by atoms with Crippen LogP contribution in [0.3, 0.4) is 0 Å². The van der Waals surface area contributed by atoms with E-state index < -0.39 is 5.60 Å². The summed E-state index contributed by atoms with van der Waals surface area (Å²) in [6.45, 7) is 9.09. The second kappa shape index (κ2) is 5.43. The van der Waals surface area contributed by atoms with Crippen LogP contribution in [0.5, 0.6) is 0 Å². The molecule has 0 saturated heterocycles. The van der Waals surface area contributed by atoms with Crippen molar-refractivity contribution in [1.29, 1.82) is 0 Å². The number of ketones is 2. The average molecular weight is 369 g/mol. The lowest BCUT2D eigenvalue weighted by Crippen LogP contribution is -2.57. The molecule has 146 valence electrons. The molecular formula is C24H32O3. The average Bonchev–Trinajstić information content (AvgIpc) is 3.38. The quantitative estimate of drug-likeness (QED) is 0.736. The minimum atomic E-state index is -0.604. The molecule has 3 saturated carbocycles. The van der Waals surface area contributed by atoms with E-state index in [2.05, 4.69) is 26.0 Å². The Hall–Kier alpha value is -1.22.